The van der Waals surface area contributed by atoms with Crippen molar-refractivity contribution < 1.29 is 4.74 Å². The van der Waals surface area contributed by atoms with E-state index in [0.29, 0.717) is 0 Å². The van der Waals surface area contributed by atoms with Gasteiger partial charge in [-0.05, 0) is 33.6 Å². The van der Waals surface area contributed by atoms with Gasteiger partial charge in [0.1, 0.15) is 0 Å². The fourth-order valence-electron chi connectivity index (χ4n) is 2.29. The molecule has 1 nitrogen and oxygen atoms in total. The van der Waals surface area contributed by atoms with E-state index in [1.54, 1.807) is 0 Å². The molecular weight excluding hydrogens is 240 g/mol. The van der Waals surface area contributed by atoms with E-state index in [9.17, 15) is 0 Å². The third-order valence-electron chi connectivity index (χ3n) is 2.78. The summed E-state index contributed by atoms with van der Waals surface area (Å²) < 4.78 is 6.25. The van der Waals surface area contributed by atoms with Crippen molar-refractivity contribution in [2.75, 3.05) is 5.33 Å². The van der Waals surface area contributed by atoms with Gasteiger partial charge in [-0.15, -0.1) is 0 Å². The van der Waals surface area contributed by atoms with Crippen LogP contribution in [0, 0.1) is 0 Å². The SMILES string of the molecule is CC(C)(C)OC1(CBr)CCCCCC1. The lowest BCUT2D eigenvalue weighted by atomic mass is 9.95. The Morgan fingerprint density at radius 1 is 1.07 bits per heavy atom. The molecule has 0 aromatic carbocycles. The molecule has 0 aromatic heterocycles. The fourth-order valence-corrected chi connectivity index (χ4v) is 2.96. The lowest BCUT2D eigenvalue weighted by molar-refractivity contribution is -0.125. The van der Waals surface area contributed by atoms with Crippen LogP contribution >= 0.6 is 15.9 Å². The van der Waals surface area contributed by atoms with E-state index in [4.69, 9.17) is 4.74 Å². The zero-order valence-corrected chi connectivity index (χ0v) is 11.3. The number of halogens is 1. The van der Waals surface area contributed by atoms with Crippen molar-refractivity contribution in [3.05, 3.63) is 0 Å². The molecule has 0 radical (unpaired) electrons. The number of rotatable bonds is 2. The van der Waals surface area contributed by atoms with Gasteiger partial charge in [-0.25, -0.2) is 0 Å². The Balaban J connectivity index is 2.63. The Hall–Kier alpha value is 0.440. The van der Waals surface area contributed by atoms with Crippen molar-refractivity contribution in [3.63, 3.8) is 0 Å². The van der Waals surface area contributed by atoms with Crippen LogP contribution in [0.1, 0.15) is 59.3 Å². The monoisotopic (exact) mass is 262 g/mol. The van der Waals surface area contributed by atoms with Gasteiger partial charge in [0.15, 0.2) is 0 Å². The van der Waals surface area contributed by atoms with Crippen molar-refractivity contribution in [2.24, 2.45) is 0 Å². The summed E-state index contributed by atoms with van der Waals surface area (Å²) in [6.45, 7) is 6.47. The van der Waals surface area contributed by atoms with E-state index in [1.807, 2.05) is 0 Å². The third-order valence-corrected chi connectivity index (χ3v) is 3.80. The van der Waals surface area contributed by atoms with Gasteiger partial charge in [0.05, 0.1) is 11.2 Å². The maximum atomic E-state index is 6.25. The molecule has 0 saturated heterocycles. The van der Waals surface area contributed by atoms with E-state index >= 15 is 0 Å². The van der Waals surface area contributed by atoms with Gasteiger partial charge in [-0.2, -0.15) is 0 Å². The molecule has 1 aliphatic rings. The summed E-state index contributed by atoms with van der Waals surface area (Å²) in [7, 11) is 0. The maximum Gasteiger partial charge on any atom is 0.0786 e. The fraction of sp³-hybridized carbons (Fsp3) is 1.00. The van der Waals surface area contributed by atoms with Gasteiger partial charge in [0.25, 0.3) is 0 Å². The van der Waals surface area contributed by atoms with Crippen molar-refractivity contribution in [2.45, 2.75) is 70.5 Å². The highest BCUT2D eigenvalue weighted by Crippen LogP contribution is 2.35. The summed E-state index contributed by atoms with van der Waals surface area (Å²) in [5, 5.41) is 0.983. The molecule has 84 valence electrons. The van der Waals surface area contributed by atoms with E-state index < -0.39 is 0 Å². The maximum absolute atomic E-state index is 6.25. The van der Waals surface area contributed by atoms with Crippen molar-refractivity contribution in [1.29, 1.82) is 0 Å². The predicted molar refractivity (Wildman–Crippen MR) is 65.1 cm³/mol. The molecule has 0 N–H and O–H groups in total. The van der Waals surface area contributed by atoms with Crippen molar-refractivity contribution in [3.8, 4) is 0 Å². The Bertz CT molecular complexity index is 164. The second kappa shape index (κ2) is 4.98. The molecule has 0 amide bonds. The third kappa shape index (κ3) is 3.90. The van der Waals surface area contributed by atoms with Gasteiger partial charge in [0, 0.05) is 5.33 Å². The first-order chi connectivity index (χ1) is 6.47. The summed E-state index contributed by atoms with van der Waals surface area (Å²) in [4.78, 5) is 0. The van der Waals surface area contributed by atoms with Crippen LogP contribution in [-0.2, 0) is 4.74 Å². The van der Waals surface area contributed by atoms with Crippen LogP contribution < -0.4 is 0 Å². The normalized spacial score (nSPS) is 23.1. The second-order valence-electron chi connectivity index (χ2n) is 5.45. The van der Waals surface area contributed by atoms with Gasteiger partial charge >= 0.3 is 0 Å². The van der Waals surface area contributed by atoms with E-state index in [1.165, 1.54) is 38.5 Å². The average molecular weight is 263 g/mol. The lowest BCUT2D eigenvalue weighted by Crippen LogP contribution is -2.41. The first-order valence-electron chi connectivity index (χ1n) is 5.74. The molecule has 0 aromatic rings. The Kier molecular flexibility index (Phi) is 4.45. The number of hydrogen-bond acceptors (Lipinski definition) is 1. The van der Waals surface area contributed by atoms with Gasteiger partial charge in [-0.1, -0.05) is 41.6 Å². The van der Waals surface area contributed by atoms with E-state index in [2.05, 4.69) is 36.7 Å². The van der Waals surface area contributed by atoms with E-state index in [0.717, 1.165) is 5.33 Å². The highest BCUT2D eigenvalue weighted by Gasteiger charge is 2.34. The molecular formula is C12H23BrO. The van der Waals surface area contributed by atoms with Gasteiger partial charge in [0.2, 0.25) is 0 Å². The van der Waals surface area contributed by atoms with Gasteiger partial charge < -0.3 is 4.74 Å². The topological polar surface area (TPSA) is 9.23 Å². The van der Waals surface area contributed by atoms with Crippen LogP contribution in [0.3, 0.4) is 0 Å². The minimum absolute atomic E-state index is 0.0158. The summed E-state index contributed by atoms with van der Waals surface area (Å²) >= 11 is 3.63. The Labute approximate surface area is 96.7 Å². The minimum Gasteiger partial charge on any atom is -0.369 e. The predicted octanol–water partition coefficient (Wildman–Crippen LogP) is 4.29. The number of alkyl halides is 1. The minimum atomic E-state index is -0.0158. The molecule has 1 fully saturated rings. The number of hydrogen-bond donors (Lipinski definition) is 0. The number of ether oxygens (including phenoxy) is 1. The highest BCUT2D eigenvalue weighted by molar-refractivity contribution is 9.09. The molecule has 1 saturated carbocycles. The van der Waals surface area contributed by atoms with Crippen LogP contribution in [0.2, 0.25) is 0 Å². The molecule has 0 bridgehead atoms. The first-order valence-corrected chi connectivity index (χ1v) is 6.86. The van der Waals surface area contributed by atoms with Gasteiger partial charge in [-0.3, -0.25) is 0 Å². The smallest absolute Gasteiger partial charge is 0.0786 e. The summed E-state index contributed by atoms with van der Waals surface area (Å²) in [6, 6.07) is 0. The molecule has 1 rings (SSSR count). The first kappa shape index (κ1) is 12.5. The van der Waals surface area contributed by atoms with Crippen LogP contribution in [0.5, 0.6) is 0 Å². The van der Waals surface area contributed by atoms with Crippen LogP contribution in [0.15, 0.2) is 0 Å². The Morgan fingerprint density at radius 2 is 1.57 bits per heavy atom. The molecule has 2 heteroatoms. The van der Waals surface area contributed by atoms with Crippen molar-refractivity contribution >= 4 is 15.9 Å². The molecule has 1 aliphatic carbocycles. The molecule has 0 spiro atoms. The Morgan fingerprint density at radius 3 is 1.93 bits per heavy atom. The second-order valence-corrected chi connectivity index (χ2v) is 6.01. The lowest BCUT2D eigenvalue weighted by Gasteiger charge is -2.38. The summed E-state index contributed by atoms with van der Waals surface area (Å²) in [6.07, 6.45) is 7.83. The quantitative estimate of drug-likeness (QED) is 0.533. The highest BCUT2D eigenvalue weighted by atomic mass is 79.9. The van der Waals surface area contributed by atoms with E-state index in [-0.39, 0.29) is 11.2 Å². The van der Waals surface area contributed by atoms with Crippen LogP contribution in [0.4, 0.5) is 0 Å². The average Bonchev–Trinajstić information content (AvgIpc) is 2.28. The van der Waals surface area contributed by atoms with Crippen molar-refractivity contribution in [1.82, 2.24) is 0 Å². The largest absolute Gasteiger partial charge is 0.369 e. The molecule has 0 atom stereocenters. The van der Waals surface area contributed by atoms with Crippen LogP contribution in [-0.4, -0.2) is 16.5 Å². The zero-order chi connectivity index (χ0) is 10.7. The standard InChI is InChI=1S/C12H23BrO/c1-11(2,3)14-12(10-13)8-6-4-5-7-9-12/h4-10H2,1-3H3. The molecule has 0 heterocycles. The van der Waals surface area contributed by atoms with Crippen LogP contribution in [0.25, 0.3) is 0 Å². The molecule has 14 heavy (non-hydrogen) atoms. The zero-order valence-electron chi connectivity index (χ0n) is 9.74. The summed E-state index contributed by atoms with van der Waals surface area (Å²) in [5.74, 6) is 0. The molecule has 0 aliphatic heterocycles. The summed E-state index contributed by atoms with van der Waals surface area (Å²) in [5.41, 5.74) is 0.0901. The molecule has 0 unspecified atom stereocenters.